The van der Waals surface area contributed by atoms with E-state index in [0.29, 0.717) is 50.3 Å². The number of hydrogen-bond donors (Lipinski definition) is 8. The molecule has 16 heteroatoms. The largest absolute Gasteiger partial charge is 0.481 e. The molecule has 2 aliphatic heterocycles. The molecule has 242 valence electrons. The van der Waals surface area contributed by atoms with Crippen LogP contribution >= 0.6 is 15.2 Å². The van der Waals surface area contributed by atoms with Crippen LogP contribution in [0.5, 0.6) is 0 Å². The van der Waals surface area contributed by atoms with Gasteiger partial charge in [-0.25, -0.2) is 9.97 Å². The predicted molar refractivity (Wildman–Crippen MR) is 173 cm³/mol. The van der Waals surface area contributed by atoms with Crippen molar-refractivity contribution >= 4 is 82.1 Å². The molecule has 0 amide bonds. The van der Waals surface area contributed by atoms with Crippen LogP contribution in [-0.2, 0) is 18.7 Å². The molecule has 14 nitrogen and oxygen atoms in total. The van der Waals surface area contributed by atoms with Gasteiger partial charge in [-0.1, -0.05) is 0 Å². The molecule has 8 N–H and O–H groups in total. The molecular weight excluding hydrogens is 638 g/mol. The Kier molecular flexibility index (Phi) is 8.58. The number of aryl methyl sites for hydroxylation is 2. The molecule has 0 spiro atoms. The van der Waals surface area contributed by atoms with E-state index < -0.39 is 37.7 Å². The molecule has 5 heterocycles. The molecule has 5 rings (SSSR count). The van der Waals surface area contributed by atoms with Gasteiger partial charge in [0.25, 0.3) is 0 Å². The van der Waals surface area contributed by atoms with E-state index in [9.17, 15) is 48.5 Å². The lowest BCUT2D eigenvalue weighted by atomic mass is 9.98. The number of allylic oxidation sites excluding steroid dienone is 4. The van der Waals surface area contributed by atoms with Crippen LogP contribution in [0.25, 0.3) is 44.4 Å². The summed E-state index contributed by atoms with van der Waals surface area (Å²) in [5, 5.41) is 17.9. The summed E-state index contributed by atoms with van der Waals surface area (Å²) in [7, 11) is -10.2. The molecule has 0 unspecified atom stereocenters. The topological polar surface area (TPSA) is 247 Å². The zero-order chi connectivity index (χ0) is 33.9. The zero-order valence-corrected chi connectivity index (χ0v) is 27.0. The zero-order valence-electron chi connectivity index (χ0n) is 25.2. The maximum atomic E-state index is 13.1. The van der Waals surface area contributed by atoms with E-state index in [1.54, 1.807) is 45.9 Å². The first kappa shape index (κ1) is 33.2. The summed E-state index contributed by atoms with van der Waals surface area (Å²) in [5.74, 6) is -2.13. The molecular formula is C30H32N4O10P2. The van der Waals surface area contributed by atoms with Gasteiger partial charge in [-0.3, -0.25) is 18.7 Å². The summed E-state index contributed by atoms with van der Waals surface area (Å²) in [4.78, 5) is 80.6. The highest BCUT2D eigenvalue weighted by Crippen LogP contribution is 2.43. The Morgan fingerprint density at radius 1 is 0.652 bits per heavy atom. The number of carboxylic acid groups (broad SMARTS) is 2. The second kappa shape index (κ2) is 11.9. The lowest BCUT2D eigenvalue weighted by Gasteiger charge is -2.08. The number of H-pyrrole nitrogens is 2. The number of hydrogen-bond acceptors (Lipinski definition) is 6. The van der Waals surface area contributed by atoms with E-state index in [-0.39, 0.29) is 53.6 Å². The Labute approximate surface area is 261 Å². The van der Waals surface area contributed by atoms with Crippen LogP contribution in [0.2, 0.25) is 0 Å². The maximum absolute atomic E-state index is 13.1. The van der Waals surface area contributed by atoms with Crippen molar-refractivity contribution in [2.45, 2.75) is 53.4 Å². The van der Waals surface area contributed by atoms with Crippen LogP contribution in [0.15, 0.2) is 24.3 Å². The van der Waals surface area contributed by atoms with Crippen LogP contribution in [0, 0.1) is 13.8 Å². The summed E-state index contributed by atoms with van der Waals surface area (Å²) in [6, 6.07) is 6.17. The third-order valence-electron chi connectivity index (χ3n) is 8.09. The molecule has 0 radical (unpaired) electrons. The molecule has 0 atom stereocenters. The SMILES string of the molecule is CC1=C(CCC(=O)O)c2cc3nc(c(P(=O)(O)O)c4cc(C)c([nH]4)c(P(=O)(O)O)c4cc(C)c(cc1n2)[nH]4)C(C)=C3CCC(=O)O. The van der Waals surface area contributed by atoms with Crippen molar-refractivity contribution in [3.05, 3.63) is 58.2 Å². The Morgan fingerprint density at radius 3 is 1.74 bits per heavy atom. The van der Waals surface area contributed by atoms with Crippen LogP contribution < -0.4 is 10.6 Å². The van der Waals surface area contributed by atoms with Crippen molar-refractivity contribution < 1.29 is 48.5 Å². The summed E-state index contributed by atoms with van der Waals surface area (Å²) in [6.07, 6.45) is -0.460. The molecule has 0 aromatic carbocycles. The Bertz CT molecular complexity index is 2160. The van der Waals surface area contributed by atoms with Crippen molar-refractivity contribution in [3.8, 4) is 0 Å². The Balaban J connectivity index is 2.05. The number of carbonyl (C=O) groups is 2. The van der Waals surface area contributed by atoms with Crippen molar-refractivity contribution in [2.75, 3.05) is 0 Å². The predicted octanol–water partition coefficient (Wildman–Crippen LogP) is 4.13. The molecule has 8 bridgehead atoms. The van der Waals surface area contributed by atoms with Gasteiger partial charge < -0.3 is 39.8 Å². The van der Waals surface area contributed by atoms with E-state index in [1.165, 1.54) is 6.07 Å². The first-order chi connectivity index (χ1) is 21.4. The maximum Gasteiger partial charge on any atom is 0.360 e. The third kappa shape index (κ3) is 6.28. The first-order valence-electron chi connectivity index (χ1n) is 14.1. The van der Waals surface area contributed by atoms with Gasteiger partial charge in [0.05, 0.1) is 39.3 Å². The van der Waals surface area contributed by atoms with Crippen LogP contribution in [0.3, 0.4) is 0 Å². The lowest BCUT2D eigenvalue weighted by molar-refractivity contribution is -0.137. The van der Waals surface area contributed by atoms with Gasteiger partial charge in [-0.05, 0) is 98.2 Å². The van der Waals surface area contributed by atoms with Gasteiger partial charge >= 0.3 is 27.1 Å². The molecule has 3 aromatic rings. The van der Waals surface area contributed by atoms with Gasteiger partial charge in [0, 0.05) is 18.4 Å². The number of rotatable bonds is 8. The van der Waals surface area contributed by atoms with Crippen LogP contribution in [0.1, 0.15) is 73.4 Å². The fourth-order valence-corrected chi connectivity index (χ4v) is 7.73. The first-order valence-corrected chi connectivity index (χ1v) is 17.3. The smallest absolute Gasteiger partial charge is 0.360 e. The van der Waals surface area contributed by atoms with Crippen molar-refractivity contribution in [2.24, 2.45) is 0 Å². The van der Waals surface area contributed by atoms with E-state index >= 15 is 0 Å². The molecule has 46 heavy (non-hydrogen) atoms. The highest BCUT2D eigenvalue weighted by atomic mass is 31.2. The number of carboxylic acids is 2. The van der Waals surface area contributed by atoms with Crippen molar-refractivity contribution in [1.29, 1.82) is 0 Å². The monoisotopic (exact) mass is 670 g/mol. The van der Waals surface area contributed by atoms with E-state index in [2.05, 4.69) is 15.0 Å². The minimum absolute atomic E-state index is 0.0349. The van der Waals surface area contributed by atoms with E-state index in [1.807, 2.05) is 0 Å². The average Bonchev–Trinajstić information content (AvgIpc) is 3.62. The minimum Gasteiger partial charge on any atom is -0.481 e. The standard InChI is InChI=1S/C30H32N4O10P2/c1-13-9-23-29(45(39,40)41)27-14(2)10-24(34-27)30(46(42,43)44)28-16(4)18(6-8-26(37)38)22(33-28)12-21-17(5-7-25(35)36)15(3)20(32-21)11-19(13)31-23/h9-12,31,34H,5-8H2,1-4H3,(H,35,36)(H,37,38)(H2,39,40,41)(H2,42,43,44). The summed E-state index contributed by atoms with van der Waals surface area (Å²) >= 11 is 0. The summed E-state index contributed by atoms with van der Waals surface area (Å²) < 4.78 is 26.1. The minimum atomic E-state index is -5.15. The third-order valence-corrected chi connectivity index (χ3v) is 10.2. The fraction of sp³-hybridized carbons (Fsp3) is 0.267. The fourth-order valence-electron chi connectivity index (χ4n) is 5.85. The van der Waals surface area contributed by atoms with Gasteiger partial charge in [-0.15, -0.1) is 0 Å². The molecule has 3 aromatic heterocycles. The molecule has 2 aliphatic rings. The van der Waals surface area contributed by atoms with Gasteiger partial charge in [0.2, 0.25) is 0 Å². The number of aromatic amines is 2. The Morgan fingerprint density at radius 2 is 1.17 bits per heavy atom. The number of aromatic nitrogens is 4. The molecule has 0 saturated heterocycles. The van der Waals surface area contributed by atoms with Gasteiger partial charge in [-0.2, -0.15) is 0 Å². The number of aliphatic carboxylic acids is 2. The van der Waals surface area contributed by atoms with Crippen molar-refractivity contribution in [1.82, 2.24) is 19.9 Å². The number of nitrogens with one attached hydrogen (secondary N) is 2. The van der Waals surface area contributed by atoms with E-state index in [4.69, 9.17) is 4.98 Å². The van der Waals surface area contributed by atoms with E-state index in [0.717, 1.165) is 0 Å². The van der Waals surface area contributed by atoms with Crippen LogP contribution in [-0.4, -0.2) is 61.7 Å². The number of nitrogens with zero attached hydrogens (tertiary/aromatic N) is 2. The summed E-state index contributed by atoms with van der Waals surface area (Å²) in [6.45, 7) is 6.59. The Hall–Kier alpha value is -4.16. The second-order valence-electron chi connectivity index (χ2n) is 11.3. The normalized spacial score (nSPS) is 13.9. The second-order valence-corrected chi connectivity index (χ2v) is 14.4. The highest BCUT2D eigenvalue weighted by Gasteiger charge is 2.32. The molecule has 0 saturated carbocycles. The summed E-state index contributed by atoms with van der Waals surface area (Å²) in [5.41, 5.74) is 4.09. The molecule has 0 aliphatic carbocycles. The highest BCUT2D eigenvalue weighted by molar-refractivity contribution is 7.61. The van der Waals surface area contributed by atoms with Crippen LogP contribution in [0.4, 0.5) is 0 Å². The number of fused-ring (bicyclic) bond motifs is 8. The average molecular weight is 671 g/mol. The van der Waals surface area contributed by atoms with Crippen molar-refractivity contribution in [3.63, 3.8) is 0 Å². The van der Waals surface area contributed by atoms with Gasteiger partial charge in [0.15, 0.2) is 0 Å². The van der Waals surface area contributed by atoms with Gasteiger partial charge in [0.1, 0.15) is 10.6 Å². The lowest BCUT2D eigenvalue weighted by Crippen LogP contribution is -2.11. The quantitative estimate of drug-likeness (QED) is 0.158. The molecule has 0 fully saturated rings.